The van der Waals surface area contributed by atoms with Crippen molar-refractivity contribution < 1.29 is 22.6 Å². The highest BCUT2D eigenvalue weighted by Crippen LogP contribution is 2.29. The first-order valence-corrected chi connectivity index (χ1v) is 7.24. The maximum absolute atomic E-state index is 13.1. The summed E-state index contributed by atoms with van der Waals surface area (Å²) < 4.78 is 47.5. The van der Waals surface area contributed by atoms with E-state index in [-0.39, 0.29) is 17.3 Å². The van der Waals surface area contributed by atoms with Gasteiger partial charge in [0.05, 0.1) is 6.61 Å². The Kier molecular flexibility index (Phi) is 6.29. The first-order valence-electron chi connectivity index (χ1n) is 7.24. The molecule has 0 atom stereocenters. The molecule has 0 spiro atoms. The second kappa shape index (κ2) is 8.43. The minimum absolute atomic E-state index is 0.00994. The Labute approximate surface area is 133 Å². The van der Waals surface area contributed by atoms with Crippen molar-refractivity contribution in [1.82, 2.24) is 5.32 Å². The van der Waals surface area contributed by atoms with Crippen LogP contribution < -0.4 is 14.8 Å². The highest BCUT2D eigenvalue weighted by Gasteiger charge is 2.11. The Balaban J connectivity index is 1.98. The maximum Gasteiger partial charge on any atom is 0.387 e. The van der Waals surface area contributed by atoms with E-state index in [4.69, 9.17) is 4.74 Å². The van der Waals surface area contributed by atoms with Crippen LogP contribution in [0.15, 0.2) is 42.5 Å². The Hall–Kier alpha value is -2.21. The second-order valence-corrected chi connectivity index (χ2v) is 4.83. The van der Waals surface area contributed by atoms with Gasteiger partial charge in [-0.25, -0.2) is 4.39 Å². The van der Waals surface area contributed by atoms with Gasteiger partial charge in [0.1, 0.15) is 5.82 Å². The van der Waals surface area contributed by atoms with Gasteiger partial charge in [0.2, 0.25) is 0 Å². The van der Waals surface area contributed by atoms with Gasteiger partial charge in [-0.15, -0.1) is 0 Å². The van der Waals surface area contributed by atoms with Crippen molar-refractivity contribution >= 4 is 0 Å². The van der Waals surface area contributed by atoms with Crippen LogP contribution in [-0.4, -0.2) is 13.2 Å². The fraction of sp³-hybridized carbons (Fsp3) is 0.294. The standard InChI is InChI=1S/C17H18F3NO2/c1-2-22-16-9-13(6-7-15(16)23-17(19)20)11-21-10-12-4-3-5-14(18)8-12/h3-9,17,21H,2,10-11H2,1H3. The average Bonchev–Trinajstić information content (AvgIpc) is 2.50. The SMILES string of the molecule is CCOc1cc(CNCc2cccc(F)c2)ccc1OC(F)F. The fourth-order valence-electron chi connectivity index (χ4n) is 2.12. The quantitative estimate of drug-likeness (QED) is 0.792. The van der Waals surface area contributed by atoms with Crippen molar-refractivity contribution in [2.45, 2.75) is 26.6 Å². The van der Waals surface area contributed by atoms with E-state index in [0.29, 0.717) is 19.7 Å². The lowest BCUT2D eigenvalue weighted by molar-refractivity contribution is -0.0514. The van der Waals surface area contributed by atoms with Crippen molar-refractivity contribution in [1.29, 1.82) is 0 Å². The zero-order valence-electron chi connectivity index (χ0n) is 12.7. The second-order valence-electron chi connectivity index (χ2n) is 4.83. The summed E-state index contributed by atoms with van der Waals surface area (Å²) in [6.07, 6.45) is 0. The van der Waals surface area contributed by atoms with Gasteiger partial charge >= 0.3 is 6.61 Å². The smallest absolute Gasteiger partial charge is 0.387 e. The number of hydrogen-bond acceptors (Lipinski definition) is 3. The summed E-state index contributed by atoms with van der Waals surface area (Å²) in [5.74, 6) is 0.00465. The minimum Gasteiger partial charge on any atom is -0.490 e. The number of benzene rings is 2. The van der Waals surface area contributed by atoms with E-state index in [0.717, 1.165) is 11.1 Å². The number of hydrogen-bond donors (Lipinski definition) is 1. The van der Waals surface area contributed by atoms with Gasteiger partial charge < -0.3 is 14.8 Å². The maximum atomic E-state index is 13.1. The van der Waals surface area contributed by atoms with Gasteiger partial charge in [-0.1, -0.05) is 18.2 Å². The van der Waals surface area contributed by atoms with Crippen LogP contribution in [0.3, 0.4) is 0 Å². The van der Waals surface area contributed by atoms with Gasteiger partial charge in [-0.2, -0.15) is 8.78 Å². The third-order valence-corrected chi connectivity index (χ3v) is 3.07. The number of rotatable bonds is 8. The minimum atomic E-state index is -2.90. The highest BCUT2D eigenvalue weighted by molar-refractivity contribution is 5.43. The van der Waals surface area contributed by atoms with Gasteiger partial charge in [0.15, 0.2) is 11.5 Å². The summed E-state index contributed by atoms with van der Waals surface area (Å²) in [7, 11) is 0. The Morgan fingerprint density at radius 3 is 2.39 bits per heavy atom. The van der Waals surface area contributed by atoms with Crippen molar-refractivity contribution in [2.24, 2.45) is 0 Å². The molecule has 3 nitrogen and oxygen atoms in total. The molecule has 2 aromatic rings. The molecule has 6 heteroatoms. The molecule has 124 valence electrons. The molecule has 0 aliphatic rings. The van der Waals surface area contributed by atoms with E-state index in [2.05, 4.69) is 10.1 Å². The van der Waals surface area contributed by atoms with E-state index < -0.39 is 6.61 Å². The third kappa shape index (κ3) is 5.49. The summed E-state index contributed by atoms with van der Waals surface area (Å²) in [6.45, 7) is 0.203. The number of alkyl halides is 2. The van der Waals surface area contributed by atoms with Crippen molar-refractivity contribution in [3.8, 4) is 11.5 Å². The number of halogens is 3. The van der Waals surface area contributed by atoms with Crippen LogP contribution in [0, 0.1) is 5.82 Å². The fourth-order valence-corrected chi connectivity index (χ4v) is 2.12. The van der Waals surface area contributed by atoms with Crippen molar-refractivity contribution in [3.63, 3.8) is 0 Å². The molecule has 1 N–H and O–H groups in total. The Morgan fingerprint density at radius 2 is 1.74 bits per heavy atom. The van der Waals surface area contributed by atoms with Gasteiger partial charge in [0.25, 0.3) is 0 Å². The predicted octanol–water partition coefficient (Wildman–Crippen LogP) is 4.12. The van der Waals surface area contributed by atoms with Crippen LogP contribution in [-0.2, 0) is 13.1 Å². The largest absolute Gasteiger partial charge is 0.490 e. The molecule has 2 rings (SSSR count). The van der Waals surface area contributed by atoms with E-state index in [1.54, 1.807) is 25.1 Å². The molecule has 0 fully saturated rings. The van der Waals surface area contributed by atoms with E-state index >= 15 is 0 Å². The zero-order chi connectivity index (χ0) is 16.7. The van der Waals surface area contributed by atoms with E-state index in [1.807, 2.05) is 6.07 Å². The van der Waals surface area contributed by atoms with E-state index in [9.17, 15) is 13.2 Å². The molecule has 23 heavy (non-hydrogen) atoms. The van der Waals surface area contributed by atoms with Gasteiger partial charge in [0, 0.05) is 13.1 Å². The monoisotopic (exact) mass is 325 g/mol. The van der Waals surface area contributed by atoms with Gasteiger partial charge in [-0.05, 0) is 42.3 Å². The molecule has 0 saturated heterocycles. The summed E-state index contributed by atoms with van der Waals surface area (Å²) in [6, 6.07) is 11.1. The van der Waals surface area contributed by atoms with Crippen LogP contribution in [0.2, 0.25) is 0 Å². The molecule has 0 aliphatic carbocycles. The van der Waals surface area contributed by atoms with E-state index in [1.165, 1.54) is 18.2 Å². The molecule has 0 saturated carbocycles. The molecule has 0 bridgehead atoms. The average molecular weight is 325 g/mol. The van der Waals surface area contributed by atoms with Crippen LogP contribution in [0.5, 0.6) is 11.5 Å². The summed E-state index contributed by atoms with van der Waals surface area (Å²) in [4.78, 5) is 0. The Morgan fingerprint density at radius 1 is 1.00 bits per heavy atom. The van der Waals surface area contributed by atoms with Crippen molar-refractivity contribution in [3.05, 3.63) is 59.4 Å². The van der Waals surface area contributed by atoms with Gasteiger partial charge in [-0.3, -0.25) is 0 Å². The molecular weight excluding hydrogens is 307 g/mol. The summed E-state index contributed by atoms with van der Waals surface area (Å²) in [5, 5.41) is 3.16. The molecule has 0 aromatic heterocycles. The number of nitrogens with one attached hydrogen (secondary N) is 1. The lowest BCUT2D eigenvalue weighted by Gasteiger charge is -2.13. The zero-order valence-corrected chi connectivity index (χ0v) is 12.7. The normalized spacial score (nSPS) is 10.8. The highest BCUT2D eigenvalue weighted by atomic mass is 19.3. The topological polar surface area (TPSA) is 30.5 Å². The molecular formula is C17H18F3NO2. The molecule has 0 unspecified atom stereocenters. The Bertz CT molecular complexity index is 635. The number of ether oxygens (including phenoxy) is 2. The van der Waals surface area contributed by atoms with Crippen molar-refractivity contribution in [2.75, 3.05) is 6.61 Å². The lowest BCUT2D eigenvalue weighted by Crippen LogP contribution is -2.13. The predicted molar refractivity (Wildman–Crippen MR) is 81.2 cm³/mol. The summed E-state index contributed by atoms with van der Waals surface area (Å²) >= 11 is 0. The first kappa shape index (κ1) is 17.1. The molecule has 0 aliphatic heterocycles. The molecule has 0 radical (unpaired) electrons. The lowest BCUT2D eigenvalue weighted by atomic mass is 10.2. The third-order valence-electron chi connectivity index (χ3n) is 3.07. The summed E-state index contributed by atoms with van der Waals surface area (Å²) in [5.41, 5.74) is 1.68. The van der Waals surface area contributed by atoms with Crippen LogP contribution in [0.4, 0.5) is 13.2 Å². The van der Waals surface area contributed by atoms with Crippen LogP contribution >= 0.6 is 0 Å². The molecule has 0 amide bonds. The molecule has 2 aromatic carbocycles. The van der Waals surface area contributed by atoms with Crippen LogP contribution in [0.25, 0.3) is 0 Å². The molecule has 0 heterocycles. The van der Waals surface area contributed by atoms with Crippen LogP contribution in [0.1, 0.15) is 18.1 Å². The first-order chi connectivity index (χ1) is 11.1.